The SMILES string of the molecule is Cc1c(O)ccc2c1oc(=O)c1cc3ccccc3cc12. The predicted molar refractivity (Wildman–Crippen MR) is 83.9 cm³/mol. The van der Waals surface area contributed by atoms with Crippen molar-refractivity contribution in [1.29, 1.82) is 0 Å². The van der Waals surface area contributed by atoms with Crippen LogP contribution in [0.2, 0.25) is 0 Å². The van der Waals surface area contributed by atoms with Crippen LogP contribution >= 0.6 is 0 Å². The van der Waals surface area contributed by atoms with Crippen LogP contribution in [0.5, 0.6) is 5.75 Å². The molecule has 0 spiro atoms. The largest absolute Gasteiger partial charge is 0.508 e. The summed E-state index contributed by atoms with van der Waals surface area (Å²) in [5, 5.41) is 14.1. The number of phenols is 1. The Bertz CT molecular complexity index is 1070. The predicted octanol–water partition coefficient (Wildman–Crippen LogP) is 4.11. The lowest BCUT2D eigenvalue weighted by Crippen LogP contribution is -2.00. The van der Waals surface area contributed by atoms with Gasteiger partial charge in [-0.2, -0.15) is 0 Å². The Morgan fingerprint density at radius 1 is 0.905 bits per heavy atom. The van der Waals surface area contributed by atoms with Crippen LogP contribution in [-0.2, 0) is 0 Å². The maximum Gasteiger partial charge on any atom is 0.344 e. The number of hydrogen-bond acceptors (Lipinski definition) is 3. The van der Waals surface area contributed by atoms with Crippen molar-refractivity contribution in [2.75, 3.05) is 0 Å². The Labute approximate surface area is 120 Å². The first-order chi connectivity index (χ1) is 10.1. The lowest BCUT2D eigenvalue weighted by atomic mass is 10.0. The molecule has 0 bridgehead atoms. The highest BCUT2D eigenvalue weighted by molar-refractivity contribution is 6.10. The molecular weight excluding hydrogens is 264 g/mol. The van der Waals surface area contributed by atoms with E-state index in [-0.39, 0.29) is 11.4 Å². The molecule has 3 nitrogen and oxygen atoms in total. The first-order valence-electron chi connectivity index (χ1n) is 6.73. The molecule has 0 aliphatic rings. The molecule has 0 saturated carbocycles. The van der Waals surface area contributed by atoms with E-state index in [0.717, 1.165) is 21.5 Å². The van der Waals surface area contributed by atoms with E-state index >= 15 is 0 Å². The Morgan fingerprint density at radius 2 is 1.57 bits per heavy atom. The summed E-state index contributed by atoms with van der Waals surface area (Å²) >= 11 is 0. The summed E-state index contributed by atoms with van der Waals surface area (Å²) in [4.78, 5) is 12.3. The van der Waals surface area contributed by atoms with Gasteiger partial charge in [-0.1, -0.05) is 24.3 Å². The van der Waals surface area contributed by atoms with Gasteiger partial charge in [0, 0.05) is 16.3 Å². The molecule has 102 valence electrons. The third-order valence-corrected chi connectivity index (χ3v) is 3.97. The molecule has 1 heterocycles. The standard InChI is InChI=1S/C18H12O3/c1-10-16(19)7-6-13-14-8-11-4-2-3-5-12(11)9-15(14)18(20)21-17(10)13/h2-9,19H,1H3. The lowest BCUT2D eigenvalue weighted by Gasteiger charge is -2.07. The molecule has 0 aliphatic heterocycles. The van der Waals surface area contributed by atoms with Gasteiger partial charge in [0.15, 0.2) is 0 Å². The first-order valence-corrected chi connectivity index (χ1v) is 6.73. The van der Waals surface area contributed by atoms with E-state index in [0.29, 0.717) is 16.5 Å². The average molecular weight is 276 g/mol. The average Bonchev–Trinajstić information content (AvgIpc) is 2.50. The van der Waals surface area contributed by atoms with Crippen molar-refractivity contribution in [3.63, 3.8) is 0 Å². The number of phenolic OH excluding ortho intramolecular Hbond substituents is 1. The van der Waals surface area contributed by atoms with Gasteiger partial charge in [0.05, 0.1) is 5.39 Å². The second-order valence-electron chi connectivity index (χ2n) is 5.22. The van der Waals surface area contributed by atoms with Crippen LogP contribution in [0.4, 0.5) is 0 Å². The zero-order chi connectivity index (χ0) is 14.6. The van der Waals surface area contributed by atoms with Crippen molar-refractivity contribution >= 4 is 32.5 Å². The fourth-order valence-corrected chi connectivity index (χ4v) is 2.80. The van der Waals surface area contributed by atoms with E-state index in [4.69, 9.17) is 4.42 Å². The molecule has 0 amide bonds. The van der Waals surface area contributed by atoms with Crippen LogP contribution in [0.15, 0.2) is 57.7 Å². The van der Waals surface area contributed by atoms with E-state index in [2.05, 4.69) is 0 Å². The monoisotopic (exact) mass is 276 g/mol. The lowest BCUT2D eigenvalue weighted by molar-refractivity contribution is 0.468. The summed E-state index contributed by atoms with van der Waals surface area (Å²) < 4.78 is 5.42. The molecule has 3 heteroatoms. The third kappa shape index (κ3) is 1.64. The smallest absolute Gasteiger partial charge is 0.344 e. The van der Waals surface area contributed by atoms with E-state index in [1.165, 1.54) is 0 Å². The zero-order valence-electron chi connectivity index (χ0n) is 11.4. The van der Waals surface area contributed by atoms with Crippen molar-refractivity contribution in [2.24, 2.45) is 0 Å². The number of benzene rings is 3. The Balaban J connectivity index is 2.31. The zero-order valence-corrected chi connectivity index (χ0v) is 11.4. The second-order valence-corrected chi connectivity index (χ2v) is 5.22. The summed E-state index contributed by atoms with van der Waals surface area (Å²) in [5.74, 6) is 0.130. The number of fused-ring (bicyclic) bond motifs is 4. The van der Waals surface area contributed by atoms with E-state index in [1.54, 1.807) is 19.1 Å². The Morgan fingerprint density at radius 3 is 2.29 bits per heavy atom. The Hall–Kier alpha value is -2.81. The fraction of sp³-hybridized carbons (Fsp3) is 0.0556. The number of hydrogen-bond donors (Lipinski definition) is 1. The van der Waals surface area contributed by atoms with E-state index in [1.807, 2.05) is 36.4 Å². The summed E-state index contributed by atoms with van der Waals surface area (Å²) in [6.07, 6.45) is 0. The summed E-state index contributed by atoms with van der Waals surface area (Å²) in [6.45, 7) is 1.74. The van der Waals surface area contributed by atoms with E-state index < -0.39 is 0 Å². The highest BCUT2D eigenvalue weighted by Gasteiger charge is 2.12. The van der Waals surface area contributed by atoms with Crippen molar-refractivity contribution in [3.8, 4) is 5.75 Å². The van der Waals surface area contributed by atoms with Gasteiger partial charge in [-0.25, -0.2) is 4.79 Å². The second kappa shape index (κ2) is 4.09. The van der Waals surface area contributed by atoms with Crippen molar-refractivity contribution in [2.45, 2.75) is 6.92 Å². The van der Waals surface area contributed by atoms with Gasteiger partial charge in [0.25, 0.3) is 0 Å². The van der Waals surface area contributed by atoms with Crippen LogP contribution in [0.1, 0.15) is 5.56 Å². The van der Waals surface area contributed by atoms with Crippen LogP contribution in [0, 0.1) is 6.92 Å². The molecule has 4 rings (SSSR count). The van der Waals surface area contributed by atoms with Crippen LogP contribution in [0.3, 0.4) is 0 Å². The van der Waals surface area contributed by atoms with E-state index in [9.17, 15) is 9.90 Å². The third-order valence-electron chi connectivity index (χ3n) is 3.97. The van der Waals surface area contributed by atoms with Gasteiger partial charge in [-0.05, 0) is 42.0 Å². The number of aromatic hydroxyl groups is 1. The summed E-state index contributed by atoms with van der Waals surface area (Å²) in [7, 11) is 0. The Kier molecular flexibility index (Phi) is 2.33. The molecule has 0 aliphatic carbocycles. The maximum absolute atomic E-state index is 12.3. The van der Waals surface area contributed by atoms with Gasteiger partial charge < -0.3 is 9.52 Å². The normalized spacial score (nSPS) is 11.5. The molecule has 0 fully saturated rings. The van der Waals surface area contributed by atoms with Gasteiger partial charge in [0.1, 0.15) is 11.3 Å². The highest BCUT2D eigenvalue weighted by atomic mass is 16.4. The highest BCUT2D eigenvalue weighted by Crippen LogP contribution is 2.31. The topological polar surface area (TPSA) is 50.4 Å². The molecule has 1 N–H and O–H groups in total. The molecule has 0 saturated heterocycles. The molecule has 0 radical (unpaired) electrons. The number of rotatable bonds is 0. The molecular formula is C18H12O3. The van der Waals surface area contributed by atoms with Crippen molar-refractivity contribution < 1.29 is 9.52 Å². The fourth-order valence-electron chi connectivity index (χ4n) is 2.80. The van der Waals surface area contributed by atoms with Gasteiger partial charge in [-0.3, -0.25) is 0 Å². The minimum atomic E-state index is -0.378. The number of aryl methyl sites for hydroxylation is 1. The van der Waals surface area contributed by atoms with Crippen LogP contribution in [0.25, 0.3) is 32.5 Å². The minimum absolute atomic E-state index is 0.130. The molecule has 3 aromatic carbocycles. The van der Waals surface area contributed by atoms with Crippen LogP contribution in [-0.4, -0.2) is 5.11 Å². The first kappa shape index (κ1) is 12.0. The summed E-state index contributed by atoms with van der Waals surface area (Å²) in [5.41, 5.74) is 0.652. The molecule has 1 aromatic heterocycles. The van der Waals surface area contributed by atoms with Crippen molar-refractivity contribution in [3.05, 3.63) is 64.5 Å². The quantitative estimate of drug-likeness (QED) is 0.299. The molecule has 0 atom stereocenters. The maximum atomic E-state index is 12.3. The summed E-state index contributed by atoms with van der Waals surface area (Å²) in [6, 6.07) is 15.2. The molecule has 4 aromatic rings. The van der Waals surface area contributed by atoms with Gasteiger partial charge >= 0.3 is 5.63 Å². The molecule has 0 unspecified atom stereocenters. The van der Waals surface area contributed by atoms with Gasteiger partial charge in [-0.15, -0.1) is 0 Å². The van der Waals surface area contributed by atoms with Crippen molar-refractivity contribution in [1.82, 2.24) is 0 Å². The minimum Gasteiger partial charge on any atom is -0.508 e. The molecule has 21 heavy (non-hydrogen) atoms. The van der Waals surface area contributed by atoms with Crippen LogP contribution < -0.4 is 5.63 Å². The van der Waals surface area contributed by atoms with Gasteiger partial charge in [0.2, 0.25) is 0 Å².